The largest absolute Gasteiger partial charge is 0.370 e. The van der Waals surface area contributed by atoms with E-state index in [2.05, 4.69) is 41.2 Å². The molecule has 1 aliphatic rings. The third-order valence-electron chi connectivity index (χ3n) is 4.28. The first-order valence-electron chi connectivity index (χ1n) is 8.27. The predicted octanol–water partition coefficient (Wildman–Crippen LogP) is 4.06. The number of likely N-dealkylation sites (tertiary alicyclic amines) is 1. The van der Waals surface area contributed by atoms with E-state index in [1.165, 1.54) is 44.2 Å². The lowest BCUT2D eigenvalue weighted by molar-refractivity contribution is 0.186. The van der Waals surface area contributed by atoms with E-state index >= 15 is 0 Å². The van der Waals surface area contributed by atoms with Crippen LogP contribution in [0.5, 0.6) is 0 Å². The molecule has 3 nitrogen and oxygen atoms in total. The van der Waals surface area contributed by atoms with Crippen molar-refractivity contribution in [1.82, 2.24) is 9.88 Å². The standard InChI is InChI=1S/C17H29N3/c1-3-11-18-17-15(9-8-12-19-17)14-20-13-7-5-6-10-16(20)4-2/h8-9,12,16H,3-7,10-11,13-14H2,1-2H3,(H,18,19). The second-order valence-corrected chi connectivity index (χ2v) is 5.82. The number of anilines is 1. The Balaban J connectivity index is 2.06. The molecule has 1 N–H and O–H groups in total. The zero-order chi connectivity index (χ0) is 14.2. The Morgan fingerprint density at radius 1 is 1.30 bits per heavy atom. The molecule has 0 aliphatic carbocycles. The molecule has 1 saturated heterocycles. The lowest BCUT2D eigenvalue weighted by Gasteiger charge is -2.29. The number of hydrogen-bond donors (Lipinski definition) is 1. The van der Waals surface area contributed by atoms with Gasteiger partial charge in [0.2, 0.25) is 0 Å². The Labute approximate surface area is 123 Å². The SMILES string of the molecule is CCCNc1ncccc1CN1CCCCCC1CC. The molecule has 3 heteroatoms. The molecule has 0 aromatic carbocycles. The normalized spacial score (nSPS) is 20.6. The van der Waals surface area contributed by atoms with Crippen molar-refractivity contribution in [1.29, 1.82) is 0 Å². The van der Waals surface area contributed by atoms with Crippen LogP contribution >= 0.6 is 0 Å². The van der Waals surface area contributed by atoms with Gasteiger partial charge in [-0.2, -0.15) is 0 Å². The number of hydrogen-bond acceptors (Lipinski definition) is 3. The fourth-order valence-corrected chi connectivity index (χ4v) is 3.09. The summed E-state index contributed by atoms with van der Waals surface area (Å²) in [7, 11) is 0. The molecule has 1 aromatic heterocycles. The van der Waals surface area contributed by atoms with Crippen molar-refractivity contribution >= 4 is 5.82 Å². The van der Waals surface area contributed by atoms with Crippen LogP contribution in [0.4, 0.5) is 5.82 Å². The second kappa shape index (κ2) is 8.25. The molecule has 1 unspecified atom stereocenters. The summed E-state index contributed by atoms with van der Waals surface area (Å²) in [4.78, 5) is 7.19. The molecule has 0 spiro atoms. The predicted molar refractivity (Wildman–Crippen MR) is 86.0 cm³/mol. The van der Waals surface area contributed by atoms with E-state index in [9.17, 15) is 0 Å². The summed E-state index contributed by atoms with van der Waals surface area (Å²) in [5.74, 6) is 1.08. The van der Waals surface area contributed by atoms with Gasteiger partial charge in [-0.25, -0.2) is 4.98 Å². The smallest absolute Gasteiger partial charge is 0.130 e. The van der Waals surface area contributed by atoms with Gasteiger partial charge in [0.05, 0.1) is 0 Å². The second-order valence-electron chi connectivity index (χ2n) is 5.82. The maximum atomic E-state index is 4.52. The molecule has 0 saturated carbocycles. The molecule has 1 aromatic rings. The van der Waals surface area contributed by atoms with Crippen molar-refractivity contribution in [2.45, 2.75) is 65.0 Å². The molecule has 0 radical (unpaired) electrons. The van der Waals surface area contributed by atoms with Crippen LogP contribution in [0.15, 0.2) is 18.3 Å². The first-order valence-corrected chi connectivity index (χ1v) is 8.27. The number of aromatic nitrogens is 1. The highest BCUT2D eigenvalue weighted by Crippen LogP contribution is 2.23. The lowest BCUT2D eigenvalue weighted by atomic mass is 10.1. The van der Waals surface area contributed by atoms with Crippen molar-refractivity contribution in [3.63, 3.8) is 0 Å². The average Bonchev–Trinajstić information content (AvgIpc) is 2.71. The van der Waals surface area contributed by atoms with Gasteiger partial charge in [-0.05, 0) is 38.3 Å². The van der Waals surface area contributed by atoms with Crippen molar-refractivity contribution in [3.05, 3.63) is 23.9 Å². The molecule has 1 atom stereocenters. The Bertz CT molecular complexity index is 392. The Kier molecular flexibility index (Phi) is 6.31. The van der Waals surface area contributed by atoms with Gasteiger partial charge >= 0.3 is 0 Å². The molecule has 1 aliphatic heterocycles. The van der Waals surface area contributed by atoms with Crippen LogP contribution < -0.4 is 5.32 Å². The number of rotatable bonds is 6. The van der Waals surface area contributed by atoms with E-state index in [-0.39, 0.29) is 0 Å². The van der Waals surface area contributed by atoms with E-state index in [1.54, 1.807) is 0 Å². The van der Waals surface area contributed by atoms with Crippen molar-refractivity contribution < 1.29 is 0 Å². The summed E-state index contributed by atoms with van der Waals surface area (Å²) in [6.07, 6.45) is 9.77. The first kappa shape index (κ1) is 15.3. The number of nitrogens with one attached hydrogen (secondary N) is 1. The van der Waals surface area contributed by atoms with Gasteiger partial charge in [-0.15, -0.1) is 0 Å². The molecule has 0 amide bonds. The third-order valence-corrected chi connectivity index (χ3v) is 4.28. The summed E-state index contributed by atoms with van der Waals surface area (Å²) in [5.41, 5.74) is 1.35. The number of nitrogens with zero attached hydrogens (tertiary/aromatic N) is 2. The summed E-state index contributed by atoms with van der Waals surface area (Å²) >= 11 is 0. The third kappa shape index (κ3) is 4.20. The minimum absolute atomic E-state index is 0.747. The molecule has 20 heavy (non-hydrogen) atoms. The molecule has 2 rings (SSSR count). The van der Waals surface area contributed by atoms with E-state index in [4.69, 9.17) is 0 Å². The number of pyridine rings is 1. The van der Waals surface area contributed by atoms with Crippen LogP contribution in [-0.2, 0) is 6.54 Å². The minimum atomic E-state index is 0.747. The summed E-state index contributed by atoms with van der Waals surface area (Å²) in [5, 5.41) is 3.46. The van der Waals surface area contributed by atoms with Gasteiger partial charge in [0.1, 0.15) is 5.82 Å². The van der Waals surface area contributed by atoms with Crippen molar-refractivity contribution in [3.8, 4) is 0 Å². The fraction of sp³-hybridized carbons (Fsp3) is 0.706. The van der Waals surface area contributed by atoms with Crippen molar-refractivity contribution in [2.75, 3.05) is 18.4 Å². The van der Waals surface area contributed by atoms with Crippen LogP contribution in [0.3, 0.4) is 0 Å². The van der Waals surface area contributed by atoms with Crippen molar-refractivity contribution in [2.24, 2.45) is 0 Å². The average molecular weight is 275 g/mol. The van der Waals surface area contributed by atoms with Gasteiger partial charge in [0.15, 0.2) is 0 Å². The van der Waals surface area contributed by atoms with E-state index < -0.39 is 0 Å². The van der Waals surface area contributed by atoms with Crippen LogP contribution in [-0.4, -0.2) is 29.0 Å². The summed E-state index contributed by atoms with van der Waals surface area (Å²) in [6, 6.07) is 5.03. The zero-order valence-corrected chi connectivity index (χ0v) is 13.1. The minimum Gasteiger partial charge on any atom is -0.370 e. The Hall–Kier alpha value is -1.09. The van der Waals surface area contributed by atoms with Crippen LogP contribution in [0.1, 0.15) is 57.9 Å². The van der Waals surface area contributed by atoms with E-state index in [0.29, 0.717) is 0 Å². The molecular weight excluding hydrogens is 246 g/mol. The van der Waals surface area contributed by atoms with Crippen LogP contribution in [0.25, 0.3) is 0 Å². The monoisotopic (exact) mass is 275 g/mol. The van der Waals surface area contributed by atoms with Crippen LogP contribution in [0, 0.1) is 0 Å². The molecule has 1 fully saturated rings. The lowest BCUT2D eigenvalue weighted by Crippen LogP contribution is -2.34. The summed E-state index contributed by atoms with van der Waals surface area (Å²) in [6.45, 7) is 7.79. The van der Waals surface area contributed by atoms with Gasteiger partial charge in [-0.1, -0.05) is 32.8 Å². The highest BCUT2D eigenvalue weighted by atomic mass is 15.2. The molecular formula is C17H29N3. The first-order chi connectivity index (χ1) is 9.85. The Morgan fingerprint density at radius 3 is 3.00 bits per heavy atom. The highest BCUT2D eigenvalue weighted by molar-refractivity contribution is 5.43. The van der Waals surface area contributed by atoms with Crippen LogP contribution in [0.2, 0.25) is 0 Å². The molecule has 2 heterocycles. The highest BCUT2D eigenvalue weighted by Gasteiger charge is 2.20. The quantitative estimate of drug-likeness (QED) is 0.848. The Morgan fingerprint density at radius 2 is 2.20 bits per heavy atom. The topological polar surface area (TPSA) is 28.2 Å². The molecule has 112 valence electrons. The van der Waals surface area contributed by atoms with Gasteiger partial charge in [-0.3, -0.25) is 4.90 Å². The van der Waals surface area contributed by atoms with Gasteiger partial charge in [0, 0.05) is 30.9 Å². The molecule has 0 bridgehead atoms. The zero-order valence-electron chi connectivity index (χ0n) is 13.1. The fourth-order valence-electron chi connectivity index (χ4n) is 3.09. The van der Waals surface area contributed by atoms with E-state index in [0.717, 1.165) is 31.4 Å². The maximum absolute atomic E-state index is 4.52. The van der Waals surface area contributed by atoms with E-state index in [1.807, 2.05) is 6.20 Å². The maximum Gasteiger partial charge on any atom is 0.130 e. The van der Waals surface area contributed by atoms with Gasteiger partial charge in [0.25, 0.3) is 0 Å². The summed E-state index contributed by atoms with van der Waals surface area (Å²) < 4.78 is 0. The van der Waals surface area contributed by atoms with Gasteiger partial charge < -0.3 is 5.32 Å².